The zero-order valence-electron chi connectivity index (χ0n) is 12.0. The van der Waals surface area contributed by atoms with E-state index < -0.39 is 11.7 Å². The highest BCUT2D eigenvalue weighted by molar-refractivity contribution is 6.01. The van der Waals surface area contributed by atoms with E-state index >= 15 is 0 Å². The molecule has 0 saturated carbocycles. The third-order valence-corrected chi connectivity index (χ3v) is 3.52. The highest BCUT2D eigenvalue weighted by Gasteiger charge is 2.30. The Kier molecular flexibility index (Phi) is 3.88. The number of nitrogens with zero attached hydrogens (tertiary/aromatic N) is 2. The Balaban J connectivity index is 1.76. The number of halogens is 1. The second-order valence-electron chi connectivity index (χ2n) is 5.15. The summed E-state index contributed by atoms with van der Waals surface area (Å²) in [6, 6.07) is 5.51. The van der Waals surface area contributed by atoms with Crippen molar-refractivity contribution in [1.29, 1.82) is 0 Å². The Morgan fingerprint density at radius 1 is 1.43 bits per heavy atom. The number of carbonyl (C=O) groups excluding carboxylic acids is 2. The van der Waals surface area contributed by atoms with Gasteiger partial charge in [-0.15, -0.1) is 0 Å². The van der Waals surface area contributed by atoms with Crippen molar-refractivity contribution in [1.82, 2.24) is 15.3 Å². The van der Waals surface area contributed by atoms with Crippen molar-refractivity contribution in [3.8, 4) is 0 Å². The van der Waals surface area contributed by atoms with Gasteiger partial charge in [0.2, 0.25) is 11.8 Å². The first-order chi connectivity index (χ1) is 11.0. The number of aromatic nitrogens is 2. The van der Waals surface area contributed by atoms with Crippen LogP contribution in [0, 0.1) is 5.82 Å². The molecule has 1 aliphatic rings. The van der Waals surface area contributed by atoms with E-state index in [1.54, 1.807) is 6.07 Å². The summed E-state index contributed by atoms with van der Waals surface area (Å²) in [5.41, 5.74) is 6.45. The highest BCUT2D eigenvalue weighted by Crippen LogP contribution is 2.32. The molecule has 2 aromatic rings. The quantitative estimate of drug-likeness (QED) is 0.781. The molecular weight excluding hydrogens is 301 g/mol. The maximum atomic E-state index is 13.3. The average molecular weight is 315 g/mol. The van der Waals surface area contributed by atoms with Gasteiger partial charge in [0.25, 0.3) is 0 Å². The first-order valence-electron chi connectivity index (χ1n) is 6.97. The number of anilines is 2. The molecule has 2 heterocycles. The van der Waals surface area contributed by atoms with E-state index in [-0.39, 0.29) is 24.8 Å². The topological polar surface area (TPSA) is 110 Å². The predicted octanol–water partition coefficient (Wildman–Crippen LogP) is 0.940. The summed E-state index contributed by atoms with van der Waals surface area (Å²) in [6.45, 7) is 0.0958. The second-order valence-corrected chi connectivity index (χ2v) is 5.15. The van der Waals surface area contributed by atoms with Gasteiger partial charge in [0.1, 0.15) is 17.5 Å². The molecule has 0 fully saturated rings. The molecule has 8 heteroatoms. The summed E-state index contributed by atoms with van der Waals surface area (Å²) < 4.78 is 13.3. The second kappa shape index (κ2) is 5.99. The van der Waals surface area contributed by atoms with Gasteiger partial charge >= 0.3 is 0 Å². The third-order valence-electron chi connectivity index (χ3n) is 3.52. The lowest BCUT2D eigenvalue weighted by molar-refractivity contribution is -0.126. The molecule has 0 saturated heterocycles. The molecule has 118 valence electrons. The van der Waals surface area contributed by atoms with E-state index in [0.29, 0.717) is 22.9 Å². The molecule has 0 spiro atoms. The molecule has 1 atom stereocenters. The van der Waals surface area contributed by atoms with Crippen LogP contribution in [-0.4, -0.2) is 21.8 Å². The fourth-order valence-electron chi connectivity index (χ4n) is 2.46. The van der Waals surface area contributed by atoms with Crippen LogP contribution in [0.4, 0.5) is 15.9 Å². The normalized spacial score (nSPS) is 16.4. The Morgan fingerprint density at radius 3 is 3.04 bits per heavy atom. The predicted molar refractivity (Wildman–Crippen MR) is 80.7 cm³/mol. The van der Waals surface area contributed by atoms with Crippen molar-refractivity contribution in [2.45, 2.75) is 18.9 Å². The van der Waals surface area contributed by atoms with Gasteiger partial charge in [0.15, 0.2) is 0 Å². The maximum Gasteiger partial charge on any atom is 0.228 e. The fourth-order valence-corrected chi connectivity index (χ4v) is 2.46. The molecule has 1 aromatic heterocycles. The monoisotopic (exact) mass is 315 g/mol. The zero-order chi connectivity index (χ0) is 16.4. The van der Waals surface area contributed by atoms with E-state index in [2.05, 4.69) is 20.6 Å². The number of rotatable bonds is 3. The van der Waals surface area contributed by atoms with Crippen LogP contribution in [0.5, 0.6) is 0 Å². The van der Waals surface area contributed by atoms with Crippen molar-refractivity contribution in [3.05, 3.63) is 47.7 Å². The molecule has 0 bridgehead atoms. The molecule has 1 unspecified atom stereocenters. The number of carbonyl (C=O) groups is 2. The van der Waals surface area contributed by atoms with Gasteiger partial charge in [-0.25, -0.2) is 14.4 Å². The van der Waals surface area contributed by atoms with Crippen molar-refractivity contribution in [3.63, 3.8) is 0 Å². The van der Waals surface area contributed by atoms with E-state index in [1.165, 1.54) is 24.4 Å². The number of amides is 2. The first-order valence-corrected chi connectivity index (χ1v) is 6.97. The summed E-state index contributed by atoms with van der Waals surface area (Å²) in [7, 11) is 0. The lowest BCUT2D eigenvalue weighted by atomic mass is 9.89. The van der Waals surface area contributed by atoms with Gasteiger partial charge in [-0.05, 0) is 23.8 Å². The van der Waals surface area contributed by atoms with Gasteiger partial charge < -0.3 is 16.4 Å². The van der Waals surface area contributed by atoms with Crippen LogP contribution >= 0.6 is 0 Å². The van der Waals surface area contributed by atoms with Crippen LogP contribution < -0.4 is 16.4 Å². The summed E-state index contributed by atoms with van der Waals surface area (Å²) in [6.07, 6.45) is 1.50. The number of nitrogens with two attached hydrogens (primary N) is 1. The van der Waals surface area contributed by atoms with Crippen LogP contribution in [0.2, 0.25) is 0 Å². The van der Waals surface area contributed by atoms with E-state index in [0.717, 1.165) is 0 Å². The minimum Gasteiger partial charge on any atom is -0.384 e. The van der Waals surface area contributed by atoms with Crippen LogP contribution in [0.1, 0.15) is 23.7 Å². The molecule has 1 aliphatic heterocycles. The van der Waals surface area contributed by atoms with Gasteiger partial charge in [0, 0.05) is 18.3 Å². The van der Waals surface area contributed by atoms with Gasteiger partial charge in [-0.3, -0.25) is 9.59 Å². The van der Waals surface area contributed by atoms with Crippen molar-refractivity contribution >= 4 is 23.3 Å². The Morgan fingerprint density at radius 2 is 2.26 bits per heavy atom. The molecule has 7 nitrogen and oxygen atoms in total. The highest BCUT2D eigenvalue weighted by atomic mass is 19.1. The average Bonchev–Trinajstić information content (AvgIpc) is 2.51. The van der Waals surface area contributed by atoms with E-state index in [1.807, 2.05) is 0 Å². The Labute approximate surface area is 131 Å². The van der Waals surface area contributed by atoms with Gasteiger partial charge in [-0.2, -0.15) is 0 Å². The molecular formula is C15H14FN5O2. The van der Waals surface area contributed by atoms with Gasteiger partial charge in [0.05, 0.1) is 12.5 Å². The van der Waals surface area contributed by atoms with E-state index in [4.69, 9.17) is 5.73 Å². The molecule has 23 heavy (non-hydrogen) atoms. The number of benzene rings is 1. The lowest BCUT2D eigenvalue weighted by Gasteiger charge is -2.24. The minimum absolute atomic E-state index is 0.00223. The van der Waals surface area contributed by atoms with Gasteiger partial charge in [-0.1, -0.05) is 6.07 Å². The number of nitrogens with one attached hydrogen (secondary N) is 2. The summed E-state index contributed by atoms with van der Waals surface area (Å²) in [4.78, 5) is 32.1. The van der Waals surface area contributed by atoms with Crippen molar-refractivity contribution < 1.29 is 14.0 Å². The SMILES string of the molecule is Nc1ccnc(CNC(=O)C2CC(=O)Nc3cc(F)ccc32)n1. The van der Waals surface area contributed by atoms with Crippen LogP contribution in [0.25, 0.3) is 0 Å². The Hall–Kier alpha value is -3.03. The summed E-state index contributed by atoms with van der Waals surface area (Å²) in [5.74, 6) is -1.15. The zero-order valence-corrected chi connectivity index (χ0v) is 12.0. The largest absolute Gasteiger partial charge is 0.384 e. The van der Waals surface area contributed by atoms with Crippen LogP contribution in [0.15, 0.2) is 30.5 Å². The van der Waals surface area contributed by atoms with E-state index in [9.17, 15) is 14.0 Å². The molecule has 0 radical (unpaired) electrons. The number of hydrogen-bond donors (Lipinski definition) is 3. The van der Waals surface area contributed by atoms with Crippen LogP contribution in [0.3, 0.4) is 0 Å². The smallest absolute Gasteiger partial charge is 0.228 e. The molecule has 1 aromatic carbocycles. The maximum absolute atomic E-state index is 13.3. The summed E-state index contributed by atoms with van der Waals surface area (Å²) >= 11 is 0. The van der Waals surface area contributed by atoms with Crippen LogP contribution in [-0.2, 0) is 16.1 Å². The molecule has 0 aliphatic carbocycles. The first kappa shape index (κ1) is 14.9. The lowest BCUT2D eigenvalue weighted by Crippen LogP contribution is -2.35. The molecule has 2 amide bonds. The minimum atomic E-state index is -0.680. The third kappa shape index (κ3) is 3.25. The molecule has 4 N–H and O–H groups in total. The number of fused-ring (bicyclic) bond motifs is 1. The van der Waals surface area contributed by atoms with Crippen molar-refractivity contribution in [2.24, 2.45) is 0 Å². The summed E-state index contributed by atoms with van der Waals surface area (Å²) in [5, 5.41) is 5.25. The molecule has 3 rings (SSSR count). The Bertz CT molecular complexity index is 780. The fraction of sp³-hybridized carbons (Fsp3) is 0.200. The van der Waals surface area contributed by atoms with Crippen molar-refractivity contribution in [2.75, 3.05) is 11.1 Å². The number of hydrogen-bond acceptors (Lipinski definition) is 5. The standard InChI is InChI=1S/C15H14FN5O2/c16-8-1-2-9-10(6-14(22)20-11(9)5-8)15(23)19-7-13-18-4-3-12(17)21-13/h1-5,10H,6-7H2,(H,19,23)(H,20,22)(H2,17,18,21). The number of nitrogen functional groups attached to an aromatic ring is 1.